The summed E-state index contributed by atoms with van der Waals surface area (Å²) in [5.41, 5.74) is 3.10. The van der Waals surface area contributed by atoms with Gasteiger partial charge in [0.15, 0.2) is 5.16 Å². The lowest BCUT2D eigenvalue weighted by Crippen LogP contribution is -2.12. The largest absolute Gasteiger partial charge is 0.497 e. The smallest absolute Gasteiger partial charge is 0.256 e. The van der Waals surface area contributed by atoms with Gasteiger partial charge < -0.3 is 10.1 Å². The first-order valence-electron chi connectivity index (χ1n) is 8.19. The molecular weight excluding hydrogens is 426 g/mol. The summed E-state index contributed by atoms with van der Waals surface area (Å²) >= 11 is 4.89. The van der Waals surface area contributed by atoms with Crippen LogP contribution in [0.4, 0.5) is 5.69 Å². The van der Waals surface area contributed by atoms with Crippen molar-refractivity contribution < 1.29 is 9.53 Å². The number of anilines is 1. The standard InChI is InChI=1S/C20H18BrN3O2S/c1-12-10-13(2)23-20(22-12)27-16-7-4-14(5-8-16)24-19(25)17-11-15(26-3)6-9-18(17)21/h4-11H,1-3H3,(H,24,25). The molecule has 5 nitrogen and oxygen atoms in total. The number of carbonyl (C=O) groups is 1. The summed E-state index contributed by atoms with van der Waals surface area (Å²) in [6.07, 6.45) is 0. The molecule has 3 rings (SSSR count). The Hall–Kier alpha value is -2.38. The first kappa shape index (κ1) is 19.4. The van der Waals surface area contributed by atoms with Crippen LogP contribution >= 0.6 is 27.7 Å². The van der Waals surface area contributed by atoms with Crippen molar-refractivity contribution in [2.45, 2.75) is 23.9 Å². The van der Waals surface area contributed by atoms with Gasteiger partial charge in [-0.25, -0.2) is 9.97 Å². The van der Waals surface area contributed by atoms with E-state index in [2.05, 4.69) is 31.2 Å². The molecule has 0 fully saturated rings. The van der Waals surface area contributed by atoms with Crippen molar-refractivity contribution in [3.63, 3.8) is 0 Å². The molecule has 0 aliphatic carbocycles. The normalized spacial score (nSPS) is 10.5. The van der Waals surface area contributed by atoms with E-state index in [1.165, 1.54) is 11.8 Å². The highest BCUT2D eigenvalue weighted by Gasteiger charge is 2.12. The second-order valence-corrected chi connectivity index (χ2v) is 7.75. The summed E-state index contributed by atoms with van der Waals surface area (Å²) in [6, 6.07) is 14.8. The van der Waals surface area contributed by atoms with Crippen molar-refractivity contribution in [3.8, 4) is 5.75 Å². The number of hydrogen-bond donors (Lipinski definition) is 1. The van der Waals surface area contributed by atoms with Crippen molar-refractivity contribution in [2.75, 3.05) is 12.4 Å². The van der Waals surface area contributed by atoms with E-state index in [4.69, 9.17) is 4.74 Å². The number of rotatable bonds is 5. The molecule has 3 aromatic rings. The number of aromatic nitrogens is 2. The molecular formula is C20H18BrN3O2S. The van der Waals surface area contributed by atoms with Gasteiger partial charge in [0.1, 0.15) is 5.75 Å². The molecule has 0 radical (unpaired) electrons. The number of carbonyl (C=O) groups excluding carboxylic acids is 1. The third-order valence-corrected chi connectivity index (χ3v) is 5.27. The SMILES string of the molecule is COc1ccc(Br)c(C(=O)Nc2ccc(Sc3nc(C)cc(C)n3)cc2)c1. The molecule has 2 aromatic carbocycles. The maximum Gasteiger partial charge on any atom is 0.256 e. The molecule has 0 bridgehead atoms. The third kappa shape index (κ3) is 5.08. The maximum atomic E-state index is 12.5. The van der Waals surface area contributed by atoms with Crippen LogP contribution in [0.1, 0.15) is 21.7 Å². The van der Waals surface area contributed by atoms with E-state index < -0.39 is 0 Å². The predicted octanol–water partition coefficient (Wildman–Crippen LogP) is 5.27. The van der Waals surface area contributed by atoms with Crippen LogP contribution in [0.3, 0.4) is 0 Å². The minimum atomic E-state index is -0.209. The topological polar surface area (TPSA) is 64.1 Å². The number of aryl methyl sites for hydroxylation is 2. The maximum absolute atomic E-state index is 12.5. The van der Waals surface area contributed by atoms with Gasteiger partial charge in [0, 0.05) is 26.4 Å². The lowest BCUT2D eigenvalue weighted by molar-refractivity contribution is 0.102. The Morgan fingerprint density at radius 1 is 1.04 bits per heavy atom. The van der Waals surface area contributed by atoms with Crippen LogP contribution in [0.5, 0.6) is 5.75 Å². The van der Waals surface area contributed by atoms with Crippen molar-refractivity contribution in [3.05, 3.63) is 70.0 Å². The van der Waals surface area contributed by atoms with Gasteiger partial charge in [-0.1, -0.05) is 0 Å². The fourth-order valence-corrected chi connectivity index (χ4v) is 3.74. The molecule has 1 N–H and O–H groups in total. The van der Waals surface area contributed by atoms with Crippen molar-refractivity contribution in [1.82, 2.24) is 9.97 Å². The minimum Gasteiger partial charge on any atom is -0.497 e. The van der Waals surface area contributed by atoms with Crippen LogP contribution in [-0.2, 0) is 0 Å². The van der Waals surface area contributed by atoms with Crippen LogP contribution < -0.4 is 10.1 Å². The highest BCUT2D eigenvalue weighted by atomic mass is 79.9. The Labute approximate surface area is 170 Å². The molecule has 0 saturated heterocycles. The molecule has 0 saturated carbocycles. The number of methoxy groups -OCH3 is 1. The first-order valence-corrected chi connectivity index (χ1v) is 9.80. The Kier molecular flexibility index (Phi) is 6.13. The number of ether oxygens (including phenoxy) is 1. The van der Waals surface area contributed by atoms with Crippen LogP contribution in [0, 0.1) is 13.8 Å². The number of hydrogen-bond acceptors (Lipinski definition) is 5. The molecule has 0 atom stereocenters. The van der Waals surface area contributed by atoms with Crippen LogP contribution in [0.2, 0.25) is 0 Å². The number of amides is 1. The Bertz CT molecular complexity index is 957. The van der Waals surface area contributed by atoms with Crippen LogP contribution in [0.25, 0.3) is 0 Å². The molecule has 0 aliphatic heterocycles. The summed E-state index contributed by atoms with van der Waals surface area (Å²) in [5.74, 6) is 0.419. The zero-order chi connectivity index (χ0) is 19.4. The minimum absolute atomic E-state index is 0.209. The van der Waals surface area contributed by atoms with Crippen LogP contribution in [-0.4, -0.2) is 23.0 Å². The number of benzene rings is 2. The van der Waals surface area contributed by atoms with Gasteiger partial charge in [-0.15, -0.1) is 0 Å². The Morgan fingerprint density at radius 3 is 2.33 bits per heavy atom. The fourth-order valence-electron chi connectivity index (χ4n) is 2.45. The molecule has 0 unspecified atom stereocenters. The van der Waals surface area contributed by atoms with Gasteiger partial charge in [-0.2, -0.15) is 0 Å². The van der Waals surface area contributed by atoms with E-state index in [1.807, 2.05) is 44.2 Å². The highest BCUT2D eigenvalue weighted by molar-refractivity contribution is 9.10. The highest BCUT2D eigenvalue weighted by Crippen LogP contribution is 2.27. The van der Waals surface area contributed by atoms with E-state index in [0.717, 1.165) is 16.3 Å². The van der Waals surface area contributed by atoms with Crippen LogP contribution in [0.15, 0.2) is 63.1 Å². The summed E-state index contributed by atoms with van der Waals surface area (Å²) < 4.78 is 5.89. The van der Waals surface area contributed by atoms with E-state index in [-0.39, 0.29) is 5.91 Å². The zero-order valence-corrected chi connectivity index (χ0v) is 17.5. The van der Waals surface area contributed by atoms with Gasteiger partial charge in [0.2, 0.25) is 0 Å². The Morgan fingerprint density at radius 2 is 1.70 bits per heavy atom. The second kappa shape index (κ2) is 8.54. The van der Waals surface area contributed by atoms with E-state index in [0.29, 0.717) is 26.6 Å². The molecule has 138 valence electrons. The quantitative estimate of drug-likeness (QED) is 0.544. The number of nitrogens with one attached hydrogen (secondary N) is 1. The average molecular weight is 444 g/mol. The average Bonchev–Trinajstić information content (AvgIpc) is 2.63. The molecule has 0 aliphatic rings. The third-order valence-electron chi connectivity index (χ3n) is 3.70. The predicted molar refractivity (Wildman–Crippen MR) is 111 cm³/mol. The van der Waals surface area contributed by atoms with Crippen molar-refractivity contribution in [1.29, 1.82) is 0 Å². The number of halogens is 1. The Balaban J connectivity index is 1.71. The lowest BCUT2D eigenvalue weighted by Gasteiger charge is -2.09. The molecule has 1 amide bonds. The second-order valence-electron chi connectivity index (χ2n) is 5.86. The van der Waals surface area contributed by atoms with E-state index in [9.17, 15) is 4.79 Å². The summed E-state index contributed by atoms with van der Waals surface area (Å²) in [4.78, 5) is 22.4. The van der Waals surface area contributed by atoms with Gasteiger partial charge >= 0.3 is 0 Å². The van der Waals surface area contributed by atoms with Gasteiger partial charge in [0.05, 0.1) is 12.7 Å². The molecule has 0 spiro atoms. The lowest BCUT2D eigenvalue weighted by atomic mass is 10.2. The molecule has 27 heavy (non-hydrogen) atoms. The van der Waals surface area contributed by atoms with Crippen molar-refractivity contribution in [2.24, 2.45) is 0 Å². The first-order chi connectivity index (χ1) is 12.9. The fraction of sp³-hybridized carbons (Fsp3) is 0.150. The van der Waals surface area contributed by atoms with E-state index in [1.54, 1.807) is 25.3 Å². The zero-order valence-electron chi connectivity index (χ0n) is 15.1. The van der Waals surface area contributed by atoms with E-state index >= 15 is 0 Å². The molecule has 1 aromatic heterocycles. The number of nitrogens with zero attached hydrogens (tertiary/aromatic N) is 2. The summed E-state index contributed by atoms with van der Waals surface area (Å²) in [6.45, 7) is 3.90. The van der Waals surface area contributed by atoms with Gasteiger partial charge in [0.25, 0.3) is 5.91 Å². The van der Waals surface area contributed by atoms with Gasteiger partial charge in [-0.3, -0.25) is 4.79 Å². The monoisotopic (exact) mass is 443 g/mol. The molecule has 7 heteroatoms. The summed E-state index contributed by atoms with van der Waals surface area (Å²) in [7, 11) is 1.57. The van der Waals surface area contributed by atoms with Gasteiger partial charge in [-0.05, 0) is 90.1 Å². The molecule has 1 heterocycles. The summed E-state index contributed by atoms with van der Waals surface area (Å²) in [5, 5.41) is 3.61. The van der Waals surface area contributed by atoms with Crippen molar-refractivity contribution >= 4 is 39.3 Å².